The highest BCUT2D eigenvalue weighted by molar-refractivity contribution is 5.78. The first-order valence-corrected chi connectivity index (χ1v) is 7.40. The fraction of sp³-hybridized carbons (Fsp3) is 0.375. The maximum absolute atomic E-state index is 11.9. The van der Waals surface area contributed by atoms with E-state index in [0.29, 0.717) is 13.1 Å². The van der Waals surface area contributed by atoms with Gasteiger partial charge in [0.2, 0.25) is 5.91 Å². The van der Waals surface area contributed by atoms with Crippen LogP contribution in [0.3, 0.4) is 0 Å². The minimum Gasteiger partial charge on any atom is -0.349 e. The van der Waals surface area contributed by atoms with Gasteiger partial charge in [-0.05, 0) is 32.0 Å². The Morgan fingerprint density at radius 3 is 2.76 bits per heavy atom. The fourth-order valence-corrected chi connectivity index (χ4v) is 2.60. The minimum absolute atomic E-state index is 0.0766. The highest BCUT2D eigenvalue weighted by atomic mass is 16.2. The number of aromatic amines is 1. The Kier molecular flexibility index (Phi) is 4.31. The van der Waals surface area contributed by atoms with E-state index in [9.17, 15) is 4.79 Å². The zero-order chi connectivity index (χ0) is 14.5. The zero-order valence-electron chi connectivity index (χ0n) is 12.0. The first-order chi connectivity index (χ1) is 10.3. The Labute approximate surface area is 124 Å². The van der Waals surface area contributed by atoms with E-state index in [2.05, 4.69) is 20.4 Å². The molecular formula is C16H20N4O. The molecule has 1 amide bonds. The number of hydrogen-bond donors (Lipinski definition) is 2. The largest absolute Gasteiger partial charge is 0.349 e. The van der Waals surface area contributed by atoms with Crippen molar-refractivity contribution < 1.29 is 4.79 Å². The summed E-state index contributed by atoms with van der Waals surface area (Å²) in [5.74, 6) is 0.0766. The van der Waals surface area contributed by atoms with Crippen molar-refractivity contribution in [2.24, 2.45) is 0 Å². The number of likely N-dealkylation sites (tertiary alicyclic amines) is 1. The number of H-pyrrole nitrogens is 1. The predicted octanol–water partition coefficient (Wildman–Crippen LogP) is 1.79. The van der Waals surface area contributed by atoms with Crippen molar-refractivity contribution in [1.82, 2.24) is 20.4 Å². The number of nitrogens with one attached hydrogen (secondary N) is 2. The second-order valence-corrected chi connectivity index (χ2v) is 5.40. The molecule has 0 unspecified atom stereocenters. The molecular weight excluding hydrogens is 264 g/mol. The standard InChI is InChI=1S/C16H20N4O/c21-16(12-20-8-4-5-9-20)17-11-14-10-15(19-18-14)13-6-2-1-3-7-13/h1-3,6-7,10H,4-5,8-9,11-12H2,(H,17,21)(H,18,19). The van der Waals surface area contributed by atoms with Gasteiger partial charge in [0.15, 0.2) is 0 Å². The summed E-state index contributed by atoms with van der Waals surface area (Å²) in [6.07, 6.45) is 2.41. The van der Waals surface area contributed by atoms with Crippen LogP contribution in [0.4, 0.5) is 0 Å². The number of amides is 1. The molecule has 0 atom stereocenters. The van der Waals surface area contributed by atoms with Crippen molar-refractivity contribution >= 4 is 5.91 Å². The number of benzene rings is 1. The van der Waals surface area contributed by atoms with Crippen LogP contribution >= 0.6 is 0 Å². The summed E-state index contributed by atoms with van der Waals surface area (Å²) in [4.78, 5) is 14.1. The average Bonchev–Trinajstić information content (AvgIpc) is 3.17. The second kappa shape index (κ2) is 6.54. The third-order valence-corrected chi connectivity index (χ3v) is 3.74. The van der Waals surface area contributed by atoms with E-state index in [1.54, 1.807) is 0 Å². The van der Waals surface area contributed by atoms with Gasteiger partial charge in [0, 0.05) is 5.56 Å². The highest BCUT2D eigenvalue weighted by Gasteiger charge is 2.14. The van der Waals surface area contributed by atoms with Crippen molar-refractivity contribution in [3.8, 4) is 11.3 Å². The van der Waals surface area contributed by atoms with Crippen LogP contribution in [0.5, 0.6) is 0 Å². The van der Waals surface area contributed by atoms with Gasteiger partial charge in [-0.1, -0.05) is 30.3 Å². The lowest BCUT2D eigenvalue weighted by atomic mass is 10.1. The van der Waals surface area contributed by atoms with Crippen molar-refractivity contribution in [2.75, 3.05) is 19.6 Å². The van der Waals surface area contributed by atoms with Crippen LogP contribution in [-0.2, 0) is 11.3 Å². The van der Waals surface area contributed by atoms with Gasteiger partial charge in [-0.2, -0.15) is 5.10 Å². The Morgan fingerprint density at radius 2 is 2.00 bits per heavy atom. The van der Waals surface area contributed by atoms with E-state index < -0.39 is 0 Å². The van der Waals surface area contributed by atoms with Crippen molar-refractivity contribution in [3.63, 3.8) is 0 Å². The molecule has 0 aliphatic carbocycles. The average molecular weight is 284 g/mol. The van der Waals surface area contributed by atoms with E-state index in [1.807, 2.05) is 36.4 Å². The molecule has 110 valence electrons. The minimum atomic E-state index is 0.0766. The summed E-state index contributed by atoms with van der Waals surface area (Å²) < 4.78 is 0. The molecule has 3 rings (SSSR count). The van der Waals surface area contributed by atoms with Crippen LogP contribution in [-0.4, -0.2) is 40.6 Å². The molecule has 0 radical (unpaired) electrons. The van der Waals surface area contributed by atoms with E-state index in [0.717, 1.165) is 30.0 Å². The maximum Gasteiger partial charge on any atom is 0.234 e. The summed E-state index contributed by atoms with van der Waals surface area (Å²) in [6, 6.07) is 12.0. The molecule has 1 aliphatic rings. The normalized spacial score (nSPS) is 15.2. The van der Waals surface area contributed by atoms with Gasteiger partial charge in [-0.25, -0.2) is 0 Å². The summed E-state index contributed by atoms with van der Waals surface area (Å²) in [7, 11) is 0. The Hall–Kier alpha value is -2.14. The van der Waals surface area contributed by atoms with Crippen molar-refractivity contribution in [2.45, 2.75) is 19.4 Å². The van der Waals surface area contributed by atoms with Gasteiger partial charge in [0.05, 0.1) is 24.5 Å². The molecule has 0 bridgehead atoms. The molecule has 1 saturated heterocycles. The van der Waals surface area contributed by atoms with Gasteiger partial charge < -0.3 is 5.32 Å². The van der Waals surface area contributed by atoms with Gasteiger partial charge in [0.25, 0.3) is 0 Å². The monoisotopic (exact) mass is 284 g/mol. The number of aromatic nitrogens is 2. The number of hydrogen-bond acceptors (Lipinski definition) is 3. The molecule has 5 heteroatoms. The van der Waals surface area contributed by atoms with Crippen molar-refractivity contribution in [3.05, 3.63) is 42.1 Å². The van der Waals surface area contributed by atoms with Gasteiger partial charge in [0.1, 0.15) is 0 Å². The van der Waals surface area contributed by atoms with E-state index in [1.165, 1.54) is 12.8 Å². The van der Waals surface area contributed by atoms with E-state index >= 15 is 0 Å². The summed E-state index contributed by atoms with van der Waals surface area (Å²) >= 11 is 0. The van der Waals surface area contributed by atoms with Gasteiger partial charge >= 0.3 is 0 Å². The molecule has 0 spiro atoms. The molecule has 0 saturated carbocycles. The number of carbonyl (C=O) groups is 1. The van der Waals surface area contributed by atoms with Crippen LogP contribution in [0, 0.1) is 0 Å². The molecule has 1 fully saturated rings. The number of nitrogens with zero attached hydrogens (tertiary/aromatic N) is 2. The molecule has 21 heavy (non-hydrogen) atoms. The fourth-order valence-electron chi connectivity index (χ4n) is 2.60. The van der Waals surface area contributed by atoms with Crippen LogP contribution < -0.4 is 5.32 Å². The smallest absolute Gasteiger partial charge is 0.234 e. The topological polar surface area (TPSA) is 61.0 Å². The highest BCUT2D eigenvalue weighted by Crippen LogP contribution is 2.16. The summed E-state index contributed by atoms with van der Waals surface area (Å²) in [6.45, 7) is 3.07. The lowest BCUT2D eigenvalue weighted by Gasteiger charge is -2.13. The quantitative estimate of drug-likeness (QED) is 0.880. The molecule has 2 heterocycles. The van der Waals surface area contributed by atoms with Crippen molar-refractivity contribution in [1.29, 1.82) is 0 Å². The van der Waals surface area contributed by atoms with Crippen LogP contribution in [0.15, 0.2) is 36.4 Å². The van der Waals surface area contributed by atoms with Crippen LogP contribution in [0.25, 0.3) is 11.3 Å². The Morgan fingerprint density at radius 1 is 1.24 bits per heavy atom. The van der Waals surface area contributed by atoms with Crippen LogP contribution in [0.1, 0.15) is 18.5 Å². The Bertz CT molecular complexity index is 587. The molecule has 2 N–H and O–H groups in total. The third kappa shape index (κ3) is 3.70. The maximum atomic E-state index is 11.9. The zero-order valence-corrected chi connectivity index (χ0v) is 12.0. The summed E-state index contributed by atoms with van der Waals surface area (Å²) in [5, 5.41) is 10.2. The first kappa shape index (κ1) is 13.8. The molecule has 1 aliphatic heterocycles. The van der Waals surface area contributed by atoms with Gasteiger partial charge in [-0.3, -0.25) is 14.8 Å². The Balaban J connectivity index is 1.51. The van der Waals surface area contributed by atoms with E-state index in [-0.39, 0.29) is 5.91 Å². The third-order valence-electron chi connectivity index (χ3n) is 3.74. The lowest BCUT2D eigenvalue weighted by Crippen LogP contribution is -2.35. The predicted molar refractivity (Wildman–Crippen MR) is 81.5 cm³/mol. The lowest BCUT2D eigenvalue weighted by molar-refractivity contribution is -0.122. The second-order valence-electron chi connectivity index (χ2n) is 5.40. The van der Waals surface area contributed by atoms with E-state index in [4.69, 9.17) is 0 Å². The molecule has 1 aromatic carbocycles. The molecule has 1 aromatic heterocycles. The number of rotatable bonds is 5. The number of carbonyl (C=O) groups excluding carboxylic acids is 1. The SMILES string of the molecule is O=C(CN1CCCC1)NCc1cc(-c2ccccc2)n[nH]1. The molecule has 5 nitrogen and oxygen atoms in total. The van der Waals surface area contributed by atoms with Crippen LogP contribution in [0.2, 0.25) is 0 Å². The van der Waals surface area contributed by atoms with Gasteiger partial charge in [-0.15, -0.1) is 0 Å². The summed E-state index contributed by atoms with van der Waals surface area (Å²) in [5.41, 5.74) is 2.89. The first-order valence-electron chi connectivity index (χ1n) is 7.40. The molecule has 2 aromatic rings.